The van der Waals surface area contributed by atoms with Crippen LogP contribution in [0.25, 0.3) is 0 Å². The molecule has 2 nitrogen and oxygen atoms in total. The maximum Gasteiger partial charge on any atom is 0.121 e. The predicted octanol–water partition coefficient (Wildman–Crippen LogP) is 2.29. The lowest BCUT2D eigenvalue weighted by Gasteiger charge is -2.11. The summed E-state index contributed by atoms with van der Waals surface area (Å²) in [5, 5.41) is 3.22. The van der Waals surface area contributed by atoms with E-state index in [0.29, 0.717) is 6.04 Å². The SMILES string of the molecule is CCSCC(NC)c1ccco1. The van der Waals surface area contributed by atoms with Crippen LogP contribution in [-0.4, -0.2) is 18.6 Å². The van der Waals surface area contributed by atoms with E-state index in [-0.39, 0.29) is 0 Å². The van der Waals surface area contributed by atoms with Crippen molar-refractivity contribution in [3.05, 3.63) is 24.2 Å². The van der Waals surface area contributed by atoms with E-state index in [1.807, 2.05) is 30.9 Å². The molecule has 1 aromatic heterocycles. The monoisotopic (exact) mass is 185 g/mol. The van der Waals surface area contributed by atoms with E-state index in [1.165, 1.54) is 0 Å². The van der Waals surface area contributed by atoms with Crippen LogP contribution in [0.15, 0.2) is 22.8 Å². The van der Waals surface area contributed by atoms with Crippen molar-refractivity contribution in [3.63, 3.8) is 0 Å². The summed E-state index contributed by atoms with van der Waals surface area (Å²) in [6.45, 7) is 2.17. The van der Waals surface area contributed by atoms with Crippen LogP contribution in [-0.2, 0) is 0 Å². The number of thioether (sulfide) groups is 1. The molecule has 1 unspecified atom stereocenters. The lowest BCUT2D eigenvalue weighted by atomic mass is 10.2. The van der Waals surface area contributed by atoms with Crippen LogP contribution in [0.4, 0.5) is 0 Å². The molecule has 0 spiro atoms. The summed E-state index contributed by atoms with van der Waals surface area (Å²) in [5.74, 6) is 3.25. The van der Waals surface area contributed by atoms with Gasteiger partial charge in [0.1, 0.15) is 5.76 Å². The number of hydrogen-bond acceptors (Lipinski definition) is 3. The van der Waals surface area contributed by atoms with Gasteiger partial charge in [0, 0.05) is 5.75 Å². The van der Waals surface area contributed by atoms with Gasteiger partial charge < -0.3 is 9.73 Å². The third-order valence-electron chi connectivity index (χ3n) is 1.72. The standard InChI is InChI=1S/C9H15NOS/c1-3-12-7-8(10-2)9-5-4-6-11-9/h4-6,8,10H,3,7H2,1-2H3. The second kappa shape index (κ2) is 5.27. The lowest BCUT2D eigenvalue weighted by Crippen LogP contribution is -2.18. The zero-order valence-corrected chi connectivity index (χ0v) is 8.36. The summed E-state index contributed by atoms with van der Waals surface area (Å²) < 4.78 is 5.31. The number of furan rings is 1. The Morgan fingerprint density at radius 3 is 3.00 bits per heavy atom. The van der Waals surface area contributed by atoms with Gasteiger partial charge in [0.2, 0.25) is 0 Å². The van der Waals surface area contributed by atoms with Crippen LogP contribution in [0.1, 0.15) is 18.7 Å². The molecule has 68 valence electrons. The number of nitrogens with one attached hydrogen (secondary N) is 1. The first-order chi connectivity index (χ1) is 5.88. The molecule has 1 atom stereocenters. The molecule has 0 aliphatic heterocycles. The molecule has 1 N–H and O–H groups in total. The minimum Gasteiger partial charge on any atom is -0.468 e. The Hall–Kier alpha value is -0.410. The van der Waals surface area contributed by atoms with Crippen molar-refractivity contribution >= 4 is 11.8 Å². The minimum atomic E-state index is 0.352. The number of hydrogen-bond donors (Lipinski definition) is 1. The highest BCUT2D eigenvalue weighted by Gasteiger charge is 2.10. The Morgan fingerprint density at radius 1 is 1.67 bits per heavy atom. The Labute approximate surface area is 77.7 Å². The highest BCUT2D eigenvalue weighted by atomic mass is 32.2. The Kier molecular flexibility index (Phi) is 4.25. The first-order valence-electron chi connectivity index (χ1n) is 4.17. The van der Waals surface area contributed by atoms with Crippen LogP contribution in [0.2, 0.25) is 0 Å². The van der Waals surface area contributed by atoms with Crippen molar-refractivity contribution < 1.29 is 4.42 Å². The third kappa shape index (κ3) is 2.57. The zero-order chi connectivity index (χ0) is 8.81. The molecule has 0 saturated carbocycles. The maximum absolute atomic E-state index is 5.31. The molecule has 1 rings (SSSR count). The van der Waals surface area contributed by atoms with Gasteiger partial charge in [-0.05, 0) is 24.9 Å². The third-order valence-corrected chi connectivity index (χ3v) is 2.70. The molecule has 0 aliphatic rings. The second-order valence-electron chi connectivity index (χ2n) is 2.52. The van der Waals surface area contributed by atoms with Gasteiger partial charge in [0.15, 0.2) is 0 Å². The average molecular weight is 185 g/mol. The second-order valence-corrected chi connectivity index (χ2v) is 3.84. The van der Waals surface area contributed by atoms with E-state index in [1.54, 1.807) is 6.26 Å². The number of rotatable bonds is 5. The summed E-state index contributed by atoms with van der Waals surface area (Å²) in [6, 6.07) is 4.29. The van der Waals surface area contributed by atoms with Crippen molar-refractivity contribution in [1.82, 2.24) is 5.32 Å². The smallest absolute Gasteiger partial charge is 0.121 e. The van der Waals surface area contributed by atoms with Crippen LogP contribution in [0.5, 0.6) is 0 Å². The van der Waals surface area contributed by atoms with Gasteiger partial charge in [-0.15, -0.1) is 0 Å². The average Bonchev–Trinajstić information content (AvgIpc) is 2.59. The topological polar surface area (TPSA) is 25.2 Å². The lowest BCUT2D eigenvalue weighted by molar-refractivity contribution is 0.453. The Balaban J connectivity index is 2.45. The van der Waals surface area contributed by atoms with E-state index in [4.69, 9.17) is 4.42 Å². The van der Waals surface area contributed by atoms with Gasteiger partial charge in [-0.1, -0.05) is 6.92 Å². The van der Waals surface area contributed by atoms with Crippen LogP contribution in [0, 0.1) is 0 Å². The molecular weight excluding hydrogens is 170 g/mol. The van der Waals surface area contributed by atoms with Gasteiger partial charge in [0.25, 0.3) is 0 Å². The van der Waals surface area contributed by atoms with Crippen LogP contribution in [0.3, 0.4) is 0 Å². The Morgan fingerprint density at radius 2 is 2.50 bits per heavy atom. The quantitative estimate of drug-likeness (QED) is 0.762. The summed E-state index contributed by atoms with van der Waals surface area (Å²) in [4.78, 5) is 0. The molecule has 0 radical (unpaired) electrons. The van der Waals surface area contributed by atoms with E-state index in [2.05, 4.69) is 12.2 Å². The molecule has 12 heavy (non-hydrogen) atoms. The van der Waals surface area contributed by atoms with Crippen molar-refractivity contribution in [2.75, 3.05) is 18.6 Å². The molecule has 0 aromatic carbocycles. The maximum atomic E-state index is 5.31. The van der Waals surface area contributed by atoms with E-state index < -0.39 is 0 Å². The van der Waals surface area contributed by atoms with E-state index >= 15 is 0 Å². The normalized spacial score (nSPS) is 13.2. The fourth-order valence-corrected chi connectivity index (χ4v) is 1.84. The highest BCUT2D eigenvalue weighted by molar-refractivity contribution is 7.99. The van der Waals surface area contributed by atoms with Gasteiger partial charge >= 0.3 is 0 Å². The van der Waals surface area contributed by atoms with Crippen molar-refractivity contribution in [2.45, 2.75) is 13.0 Å². The van der Waals surface area contributed by atoms with E-state index in [0.717, 1.165) is 17.3 Å². The summed E-state index contributed by atoms with van der Waals surface area (Å²) in [6.07, 6.45) is 1.72. The van der Waals surface area contributed by atoms with Crippen LogP contribution >= 0.6 is 11.8 Å². The fraction of sp³-hybridized carbons (Fsp3) is 0.556. The molecule has 0 fully saturated rings. The fourth-order valence-electron chi connectivity index (χ4n) is 1.03. The molecule has 1 heterocycles. The molecule has 0 aliphatic carbocycles. The molecule has 1 aromatic rings. The predicted molar refractivity (Wildman–Crippen MR) is 53.5 cm³/mol. The van der Waals surface area contributed by atoms with Gasteiger partial charge in [0.05, 0.1) is 12.3 Å². The highest BCUT2D eigenvalue weighted by Crippen LogP contribution is 2.17. The van der Waals surface area contributed by atoms with Crippen molar-refractivity contribution in [2.24, 2.45) is 0 Å². The zero-order valence-electron chi connectivity index (χ0n) is 7.54. The molecule has 0 bridgehead atoms. The van der Waals surface area contributed by atoms with Crippen molar-refractivity contribution in [1.29, 1.82) is 0 Å². The molecule has 0 saturated heterocycles. The molecule has 3 heteroatoms. The van der Waals surface area contributed by atoms with E-state index in [9.17, 15) is 0 Å². The largest absolute Gasteiger partial charge is 0.468 e. The van der Waals surface area contributed by atoms with Gasteiger partial charge in [-0.3, -0.25) is 0 Å². The minimum absolute atomic E-state index is 0.352. The molecular formula is C9H15NOS. The van der Waals surface area contributed by atoms with Crippen LogP contribution < -0.4 is 5.32 Å². The Bertz CT molecular complexity index is 198. The first-order valence-corrected chi connectivity index (χ1v) is 5.32. The summed E-state index contributed by atoms with van der Waals surface area (Å²) >= 11 is 1.92. The van der Waals surface area contributed by atoms with Crippen molar-refractivity contribution in [3.8, 4) is 0 Å². The molecule has 0 amide bonds. The summed E-state index contributed by atoms with van der Waals surface area (Å²) in [5.41, 5.74) is 0. The first kappa shape index (κ1) is 9.68. The summed E-state index contributed by atoms with van der Waals surface area (Å²) in [7, 11) is 1.96. The van der Waals surface area contributed by atoms with Gasteiger partial charge in [-0.25, -0.2) is 0 Å². The van der Waals surface area contributed by atoms with Gasteiger partial charge in [-0.2, -0.15) is 11.8 Å².